The Morgan fingerprint density at radius 1 is 1.25 bits per heavy atom. The molecule has 1 saturated carbocycles. The third-order valence-corrected chi connectivity index (χ3v) is 5.37. The third kappa shape index (κ3) is 3.73. The Kier molecular flexibility index (Phi) is 5.85. The molecule has 1 heterocycles. The lowest BCUT2D eigenvalue weighted by Gasteiger charge is -2.39. The van der Waals surface area contributed by atoms with Crippen LogP contribution in [0.25, 0.3) is 0 Å². The Labute approximate surface area is 123 Å². The maximum atomic E-state index is 12.6. The monoisotopic (exact) mass is 281 g/mol. The molecular formula is C16H31N3O. The van der Waals surface area contributed by atoms with Crippen molar-refractivity contribution in [2.24, 2.45) is 5.92 Å². The Morgan fingerprint density at radius 2 is 1.85 bits per heavy atom. The Balaban J connectivity index is 1.84. The number of rotatable bonds is 4. The Bertz CT molecular complexity index is 307. The third-order valence-electron chi connectivity index (χ3n) is 5.37. The lowest BCUT2D eigenvalue weighted by atomic mass is 9.83. The van der Waals surface area contributed by atoms with Gasteiger partial charge in [-0.15, -0.1) is 0 Å². The van der Waals surface area contributed by atoms with Gasteiger partial charge in [-0.1, -0.05) is 13.3 Å². The number of nitrogens with zero attached hydrogens (tertiary/aromatic N) is 2. The lowest BCUT2D eigenvalue weighted by molar-refractivity contribution is -0.137. The van der Waals surface area contributed by atoms with E-state index in [4.69, 9.17) is 0 Å². The summed E-state index contributed by atoms with van der Waals surface area (Å²) < 4.78 is 0. The van der Waals surface area contributed by atoms with Crippen molar-refractivity contribution in [3.05, 3.63) is 0 Å². The molecule has 0 spiro atoms. The van der Waals surface area contributed by atoms with Crippen LogP contribution in [0.2, 0.25) is 0 Å². The number of carbonyl (C=O) groups is 1. The summed E-state index contributed by atoms with van der Waals surface area (Å²) in [5, 5.41) is 3.30. The molecule has 1 unspecified atom stereocenters. The highest BCUT2D eigenvalue weighted by Gasteiger charge is 2.31. The average molecular weight is 281 g/mol. The van der Waals surface area contributed by atoms with Crippen LogP contribution in [-0.2, 0) is 4.79 Å². The molecule has 0 bridgehead atoms. The van der Waals surface area contributed by atoms with Gasteiger partial charge in [0.25, 0.3) is 0 Å². The first-order chi connectivity index (χ1) is 9.63. The van der Waals surface area contributed by atoms with Gasteiger partial charge in [0.2, 0.25) is 5.91 Å². The maximum absolute atomic E-state index is 12.6. The zero-order valence-corrected chi connectivity index (χ0v) is 13.4. The van der Waals surface area contributed by atoms with Gasteiger partial charge in [-0.2, -0.15) is 0 Å². The van der Waals surface area contributed by atoms with Crippen LogP contribution in [-0.4, -0.2) is 61.0 Å². The van der Waals surface area contributed by atoms with Crippen molar-refractivity contribution in [2.75, 3.05) is 33.2 Å². The van der Waals surface area contributed by atoms with Crippen LogP contribution in [0.3, 0.4) is 0 Å². The van der Waals surface area contributed by atoms with Crippen LogP contribution >= 0.6 is 0 Å². The zero-order chi connectivity index (χ0) is 14.5. The second kappa shape index (κ2) is 7.41. The van der Waals surface area contributed by atoms with E-state index in [1.54, 1.807) is 0 Å². The number of likely N-dealkylation sites (N-methyl/N-ethyl adjacent to an activating group) is 1. The van der Waals surface area contributed by atoms with E-state index in [1.807, 2.05) is 4.90 Å². The number of nitrogens with one attached hydrogen (secondary N) is 1. The van der Waals surface area contributed by atoms with E-state index >= 15 is 0 Å². The van der Waals surface area contributed by atoms with Gasteiger partial charge >= 0.3 is 0 Å². The SMILES string of the molecule is CCC1CCC(N(C)C(C)C(=O)N2CCNCC2)CC1. The van der Waals surface area contributed by atoms with E-state index < -0.39 is 0 Å². The van der Waals surface area contributed by atoms with Gasteiger partial charge in [0.15, 0.2) is 0 Å². The molecule has 116 valence electrons. The lowest BCUT2D eigenvalue weighted by Crippen LogP contribution is -2.54. The van der Waals surface area contributed by atoms with Crippen LogP contribution in [0.4, 0.5) is 0 Å². The molecule has 0 aromatic heterocycles. The van der Waals surface area contributed by atoms with Gasteiger partial charge in [-0.25, -0.2) is 0 Å². The molecule has 4 nitrogen and oxygen atoms in total. The minimum absolute atomic E-state index is 0.0243. The molecular weight excluding hydrogens is 250 g/mol. The van der Waals surface area contributed by atoms with Crippen molar-refractivity contribution >= 4 is 5.91 Å². The number of hydrogen-bond acceptors (Lipinski definition) is 3. The molecule has 2 fully saturated rings. The first-order valence-corrected chi connectivity index (χ1v) is 8.35. The van der Waals surface area contributed by atoms with Gasteiger partial charge in [0.05, 0.1) is 6.04 Å². The summed E-state index contributed by atoms with van der Waals surface area (Å²) in [5.41, 5.74) is 0. The van der Waals surface area contributed by atoms with E-state index in [-0.39, 0.29) is 6.04 Å². The molecule has 1 saturated heterocycles. The largest absolute Gasteiger partial charge is 0.339 e. The molecule has 0 radical (unpaired) electrons. The number of hydrogen-bond donors (Lipinski definition) is 1. The topological polar surface area (TPSA) is 35.6 Å². The van der Waals surface area contributed by atoms with Gasteiger partial charge in [0.1, 0.15) is 0 Å². The predicted octanol–water partition coefficient (Wildman–Crippen LogP) is 1.71. The smallest absolute Gasteiger partial charge is 0.239 e. The Morgan fingerprint density at radius 3 is 2.40 bits per heavy atom. The minimum atomic E-state index is 0.0243. The van der Waals surface area contributed by atoms with Gasteiger partial charge in [-0.3, -0.25) is 9.69 Å². The quantitative estimate of drug-likeness (QED) is 0.852. The average Bonchev–Trinajstić information content (AvgIpc) is 2.53. The van der Waals surface area contributed by atoms with E-state index in [0.29, 0.717) is 11.9 Å². The molecule has 0 aromatic carbocycles. The first-order valence-electron chi connectivity index (χ1n) is 8.35. The molecule has 4 heteroatoms. The summed E-state index contributed by atoms with van der Waals surface area (Å²) in [6.45, 7) is 7.97. The molecule has 1 amide bonds. The highest BCUT2D eigenvalue weighted by Crippen LogP contribution is 2.29. The summed E-state index contributed by atoms with van der Waals surface area (Å²) in [6.07, 6.45) is 6.49. The number of piperazine rings is 1. The van der Waals surface area contributed by atoms with Crippen LogP contribution < -0.4 is 5.32 Å². The van der Waals surface area contributed by atoms with Crippen molar-refractivity contribution < 1.29 is 4.79 Å². The summed E-state index contributed by atoms with van der Waals surface area (Å²) in [6, 6.07) is 0.621. The molecule has 1 N–H and O–H groups in total. The van der Waals surface area contributed by atoms with Gasteiger partial charge in [0, 0.05) is 32.2 Å². The van der Waals surface area contributed by atoms with Gasteiger partial charge in [-0.05, 0) is 45.6 Å². The predicted molar refractivity (Wildman–Crippen MR) is 82.7 cm³/mol. The maximum Gasteiger partial charge on any atom is 0.239 e. The van der Waals surface area contributed by atoms with E-state index in [2.05, 4.69) is 31.1 Å². The Hall–Kier alpha value is -0.610. The normalized spacial score (nSPS) is 29.5. The second-order valence-electron chi connectivity index (χ2n) is 6.50. The highest BCUT2D eigenvalue weighted by atomic mass is 16.2. The van der Waals surface area contributed by atoms with Crippen LogP contribution in [0, 0.1) is 5.92 Å². The molecule has 1 aliphatic heterocycles. The molecule has 20 heavy (non-hydrogen) atoms. The van der Waals surface area contributed by atoms with Crippen molar-refractivity contribution in [3.8, 4) is 0 Å². The summed E-state index contributed by atoms with van der Waals surface area (Å²) in [5.74, 6) is 1.23. The zero-order valence-electron chi connectivity index (χ0n) is 13.4. The number of amides is 1. The summed E-state index contributed by atoms with van der Waals surface area (Å²) in [4.78, 5) is 16.9. The van der Waals surface area contributed by atoms with Crippen molar-refractivity contribution in [2.45, 2.75) is 58.0 Å². The standard InChI is InChI=1S/C16H31N3O/c1-4-14-5-7-15(8-6-14)18(3)13(2)16(20)19-11-9-17-10-12-19/h13-15,17H,4-12H2,1-3H3. The van der Waals surface area contributed by atoms with Gasteiger partial charge < -0.3 is 10.2 Å². The highest BCUT2D eigenvalue weighted by molar-refractivity contribution is 5.81. The van der Waals surface area contributed by atoms with E-state index in [9.17, 15) is 4.79 Å². The fraction of sp³-hybridized carbons (Fsp3) is 0.938. The van der Waals surface area contributed by atoms with E-state index in [0.717, 1.165) is 32.1 Å². The fourth-order valence-corrected chi connectivity index (χ4v) is 3.60. The molecule has 0 aromatic rings. The second-order valence-corrected chi connectivity index (χ2v) is 6.50. The minimum Gasteiger partial charge on any atom is -0.339 e. The van der Waals surface area contributed by atoms with Crippen molar-refractivity contribution in [1.29, 1.82) is 0 Å². The molecule has 1 atom stereocenters. The summed E-state index contributed by atoms with van der Waals surface area (Å²) in [7, 11) is 2.14. The number of carbonyl (C=O) groups excluding carboxylic acids is 1. The van der Waals surface area contributed by atoms with Crippen LogP contribution in [0.15, 0.2) is 0 Å². The van der Waals surface area contributed by atoms with Crippen LogP contribution in [0.5, 0.6) is 0 Å². The fourth-order valence-electron chi connectivity index (χ4n) is 3.60. The first kappa shape index (κ1) is 15.8. The van der Waals surface area contributed by atoms with Crippen molar-refractivity contribution in [1.82, 2.24) is 15.1 Å². The van der Waals surface area contributed by atoms with Crippen LogP contribution in [0.1, 0.15) is 46.0 Å². The molecule has 2 aliphatic rings. The molecule has 2 rings (SSSR count). The van der Waals surface area contributed by atoms with Crippen molar-refractivity contribution in [3.63, 3.8) is 0 Å². The summed E-state index contributed by atoms with van der Waals surface area (Å²) >= 11 is 0. The van der Waals surface area contributed by atoms with E-state index in [1.165, 1.54) is 32.1 Å². The molecule has 1 aliphatic carbocycles.